The largest absolute Gasteiger partial charge is 0.393 e. The Morgan fingerprint density at radius 3 is 2.40 bits per heavy atom. The first kappa shape index (κ1) is 21.2. The lowest BCUT2D eigenvalue weighted by molar-refractivity contribution is -0.0140. The molecule has 0 saturated carbocycles. The second-order valence-corrected chi connectivity index (χ2v) is 7.42. The van der Waals surface area contributed by atoms with Crippen molar-refractivity contribution in [1.82, 2.24) is 15.1 Å². The normalized spacial score (nSPS) is 25.7. The van der Waals surface area contributed by atoms with Gasteiger partial charge in [0.15, 0.2) is 5.96 Å². The molecule has 0 aliphatic carbocycles. The fourth-order valence-corrected chi connectivity index (χ4v) is 4.24. The number of guanidine groups is 1. The summed E-state index contributed by atoms with van der Waals surface area (Å²) in [6.07, 6.45) is 6.36. The Bertz CT molecular complexity index is 415. The number of aliphatic hydroxyl groups is 1. The third kappa shape index (κ3) is 5.43. The Morgan fingerprint density at radius 1 is 1.16 bits per heavy atom. The molecule has 3 rings (SSSR count). The van der Waals surface area contributed by atoms with E-state index in [-0.39, 0.29) is 35.6 Å². The van der Waals surface area contributed by atoms with E-state index in [0.29, 0.717) is 0 Å². The van der Waals surface area contributed by atoms with Crippen LogP contribution in [0.25, 0.3) is 0 Å². The molecule has 3 heterocycles. The first-order valence-corrected chi connectivity index (χ1v) is 9.78. The van der Waals surface area contributed by atoms with E-state index >= 15 is 0 Å². The van der Waals surface area contributed by atoms with Crippen LogP contribution in [0.4, 0.5) is 0 Å². The molecule has 0 aromatic carbocycles. The van der Waals surface area contributed by atoms with Crippen LogP contribution in [-0.4, -0.2) is 85.0 Å². The average molecular weight is 466 g/mol. The van der Waals surface area contributed by atoms with Gasteiger partial charge in [-0.05, 0) is 58.5 Å². The number of rotatable bonds is 4. The van der Waals surface area contributed by atoms with E-state index in [1.54, 1.807) is 0 Å². The van der Waals surface area contributed by atoms with E-state index < -0.39 is 0 Å². The van der Waals surface area contributed by atoms with Crippen LogP contribution in [0.15, 0.2) is 4.99 Å². The van der Waals surface area contributed by atoms with Crippen LogP contribution in [0.3, 0.4) is 0 Å². The van der Waals surface area contributed by atoms with Gasteiger partial charge in [0, 0.05) is 38.4 Å². The maximum absolute atomic E-state index is 9.75. The zero-order chi connectivity index (χ0) is 16.8. The highest BCUT2D eigenvalue weighted by Gasteiger charge is 2.39. The van der Waals surface area contributed by atoms with Gasteiger partial charge in [0.25, 0.3) is 0 Å². The summed E-state index contributed by atoms with van der Waals surface area (Å²) in [5.74, 6) is 1.02. The van der Waals surface area contributed by atoms with Crippen LogP contribution in [0, 0.1) is 0 Å². The molecule has 0 aromatic heterocycles. The van der Waals surface area contributed by atoms with Crippen molar-refractivity contribution >= 4 is 29.9 Å². The van der Waals surface area contributed by atoms with Crippen molar-refractivity contribution in [1.29, 1.82) is 0 Å². The second-order valence-electron chi connectivity index (χ2n) is 7.42. The molecule has 0 unspecified atom stereocenters. The topological polar surface area (TPSA) is 60.3 Å². The zero-order valence-electron chi connectivity index (χ0n) is 15.6. The number of hydrogen-bond donors (Lipinski definition) is 2. The second kappa shape index (κ2) is 10.3. The van der Waals surface area contributed by atoms with Crippen LogP contribution in [0.2, 0.25) is 0 Å². The van der Waals surface area contributed by atoms with Crippen molar-refractivity contribution in [2.24, 2.45) is 4.99 Å². The third-order valence-corrected chi connectivity index (χ3v) is 5.82. The Balaban J connectivity index is 0.00000225. The molecule has 0 amide bonds. The minimum Gasteiger partial charge on any atom is -0.393 e. The Labute approximate surface area is 169 Å². The number of halogens is 1. The number of hydrogen-bond acceptors (Lipinski definition) is 4. The Kier molecular flexibility index (Phi) is 8.71. The minimum absolute atomic E-state index is 0. The van der Waals surface area contributed by atoms with Crippen molar-refractivity contribution in [2.45, 2.75) is 57.1 Å². The van der Waals surface area contributed by atoms with E-state index in [4.69, 9.17) is 9.73 Å². The summed E-state index contributed by atoms with van der Waals surface area (Å²) in [7, 11) is 0. The van der Waals surface area contributed by atoms with Crippen LogP contribution in [0.1, 0.15) is 45.4 Å². The lowest BCUT2D eigenvalue weighted by Crippen LogP contribution is -2.54. The van der Waals surface area contributed by atoms with Gasteiger partial charge in [0.2, 0.25) is 0 Å². The predicted octanol–water partition coefficient (Wildman–Crippen LogP) is 1.67. The molecule has 0 spiro atoms. The summed E-state index contributed by atoms with van der Waals surface area (Å²) in [5, 5.41) is 13.2. The van der Waals surface area contributed by atoms with Crippen molar-refractivity contribution in [3.8, 4) is 0 Å². The van der Waals surface area contributed by atoms with E-state index in [9.17, 15) is 5.11 Å². The fraction of sp³-hybridized carbons (Fsp3) is 0.944. The summed E-state index contributed by atoms with van der Waals surface area (Å²) < 4.78 is 5.64. The molecule has 0 aromatic rings. The van der Waals surface area contributed by atoms with Crippen LogP contribution < -0.4 is 5.32 Å². The third-order valence-electron chi connectivity index (χ3n) is 5.82. The van der Waals surface area contributed by atoms with Gasteiger partial charge in [-0.15, -0.1) is 24.0 Å². The number of aliphatic imine (C=N–C) groups is 1. The Morgan fingerprint density at radius 2 is 1.80 bits per heavy atom. The van der Waals surface area contributed by atoms with Crippen molar-refractivity contribution in [2.75, 3.05) is 52.5 Å². The van der Waals surface area contributed by atoms with Gasteiger partial charge < -0.3 is 20.1 Å². The van der Waals surface area contributed by atoms with Crippen LogP contribution >= 0.6 is 24.0 Å². The van der Waals surface area contributed by atoms with Crippen molar-refractivity contribution < 1.29 is 9.84 Å². The molecule has 3 fully saturated rings. The molecule has 3 saturated heterocycles. The van der Waals surface area contributed by atoms with Gasteiger partial charge in [0.1, 0.15) is 0 Å². The summed E-state index contributed by atoms with van der Waals surface area (Å²) in [6.45, 7) is 9.80. The highest BCUT2D eigenvalue weighted by Crippen LogP contribution is 2.31. The molecule has 7 heteroatoms. The maximum Gasteiger partial charge on any atom is 0.193 e. The smallest absolute Gasteiger partial charge is 0.193 e. The van der Waals surface area contributed by atoms with Gasteiger partial charge in [-0.2, -0.15) is 0 Å². The van der Waals surface area contributed by atoms with Crippen molar-refractivity contribution in [3.63, 3.8) is 0 Å². The molecule has 6 nitrogen and oxygen atoms in total. The minimum atomic E-state index is -0.143. The number of nitrogens with zero attached hydrogens (tertiary/aromatic N) is 3. The van der Waals surface area contributed by atoms with Gasteiger partial charge in [-0.1, -0.05) is 0 Å². The number of nitrogens with one attached hydrogen (secondary N) is 1. The average Bonchev–Trinajstić information content (AvgIpc) is 3.16. The molecular weight excluding hydrogens is 431 g/mol. The first-order valence-electron chi connectivity index (χ1n) is 9.78. The maximum atomic E-state index is 9.75. The zero-order valence-corrected chi connectivity index (χ0v) is 17.9. The number of ether oxygens (including phenoxy) is 1. The SMILES string of the molecule is CCNC(=NCC1(N2CCCC2)CCOCC1)N1CCC(O)CC1.I. The summed E-state index contributed by atoms with van der Waals surface area (Å²) in [5.41, 5.74) is 0.185. The van der Waals surface area contributed by atoms with E-state index in [2.05, 4.69) is 22.0 Å². The monoisotopic (exact) mass is 466 g/mol. The molecule has 3 aliphatic rings. The van der Waals surface area contributed by atoms with Crippen LogP contribution in [0.5, 0.6) is 0 Å². The molecule has 0 radical (unpaired) electrons. The molecule has 0 bridgehead atoms. The lowest BCUT2D eigenvalue weighted by Gasteiger charge is -2.44. The quantitative estimate of drug-likeness (QED) is 0.375. The molecule has 3 aliphatic heterocycles. The standard InChI is InChI=1S/C18H34N4O2.HI/c1-2-19-17(21-11-5-16(23)6-12-21)20-15-18(7-13-24-14-8-18)22-9-3-4-10-22;/h16,23H,2-15H2,1H3,(H,19,20);1H. The van der Waals surface area contributed by atoms with Crippen molar-refractivity contribution in [3.05, 3.63) is 0 Å². The Hall–Kier alpha value is -0.120. The highest BCUT2D eigenvalue weighted by atomic mass is 127. The van der Waals surface area contributed by atoms with Crippen LogP contribution in [-0.2, 0) is 4.74 Å². The summed E-state index contributed by atoms with van der Waals surface area (Å²) in [6, 6.07) is 0. The molecule has 25 heavy (non-hydrogen) atoms. The molecule has 2 N–H and O–H groups in total. The lowest BCUT2D eigenvalue weighted by atomic mass is 9.88. The van der Waals surface area contributed by atoms with Gasteiger partial charge in [-0.3, -0.25) is 9.89 Å². The summed E-state index contributed by atoms with van der Waals surface area (Å²) >= 11 is 0. The number of piperidine rings is 1. The molecule has 0 atom stereocenters. The van der Waals surface area contributed by atoms with E-state index in [1.807, 2.05) is 0 Å². The first-order chi connectivity index (χ1) is 11.7. The molecule has 146 valence electrons. The highest BCUT2D eigenvalue weighted by molar-refractivity contribution is 14.0. The van der Waals surface area contributed by atoms with E-state index in [1.165, 1.54) is 25.9 Å². The molecular formula is C18H35IN4O2. The van der Waals surface area contributed by atoms with Gasteiger partial charge in [0.05, 0.1) is 12.6 Å². The van der Waals surface area contributed by atoms with E-state index in [0.717, 1.165) is 71.0 Å². The number of aliphatic hydroxyl groups excluding tert-OH is 1. The van der Waals surface area contributed by atoms with Gasteiger partial charge in [-0.25, -0.2) is 0 Å². The summed E-state index contributed by atoms with van der Waals surface area (Å²) in [4.78, 5) is 10.0. The predicted molar refractivity (Wildman–Crippen MR) is 112 cm³/mol. The van der Waals surface area contributed by atoms with Gasteiger partial charge >= 0.3 is 0 Å². The number of likely N-dealkylation sites (tertiary alicyclic amines) is 2. The fourth-order valence-electron chi connectivity index (χ4n) is 4.24.